The summed E-state index contributed by atoms with van der Waals surface area (Å²) in [4.78, 5) is 54.3. The first kappa shape index (κ1) is 33.9. The van der Waals surface area contributed by atoms with E-state index in [1.165, 1.54) is 24.0 Å². The van der Waals surface area contributed by atoms with Crippen LogP contribution in [-0.4, -0.2) is 84.2 Å². The Morgan fingerprint density at radius 2 is 1.54 bits per heavy atom. The molecule has 10 heteroatoms. The van der Waals surface area contributed by atoms with Crippen molar-refractivity contribution in [3.63, 3.8) is 0 Å². The number of nitrogens with zero attached hydrogens (tertiary/aromatic N) is 2. The number of methoxy groups -OCH3 is 1. The van der Waals surface area contributed by atoms with Crippen molar-refractivity contribution in [1.82, 2.24) is 15.1 Å². The second kappa shape index (κ2) is 16.1. The number of hydrogen-bond acceptors (Lipinski definition) is 6. The SMILES string of the molecule is CC[C@H](C)C(C(CC(=O)O)OC)N(C)C(=O)[C@@H](NC(=O)C(C(C)C)N(C)C(=O)OCc1ccccc1)C(C)C. The predicted molar refractivity (Wildman–Crippen MR) is 149 cm³/mol. The highest BCUT2D eigenvalue weighted by molar-refractivity contribution is 5.91. The zero-order valence-electron chi connectivity index (χ0n) is 24.8. The minimum atomic E-state index is -1.02. The topological polar surface area (TPSA) is 125 Å². The maximum atomic E-state index is 13.7. The van der Waals surface area contributed by atoms with Gasteiger partial charge in [0.15, 0.2) is 0 Å². The van der Waals surface area contributed by atoms with E-state index >= 15 is 0 Å². The van der Waals surface area contributed by atoms with Crippen molar-refractivity contribution in [2.45, 2.75) is 85.2 Å². The van der Waals surface area contributed by atoms with E-state index < -0.39 is 42.2 Å². The van der Waals surface area contributed by atoms with Gasteiger partial charge in [-0.15, -0.1) is 0 Å². The number of carboxylic acids is 1. The quantitative estimate of drug-likeness (QED) is 0.341. The second-order valence-electron chi connectivity index (χ2n) is 10.8. The fourth-order valence-electron chi connectivity index (χ4n) is 4.73. The molecule has 1 aromatic rings. The molecule has 39 heavy (non-hydrogen) atoms. The molecule has 220 valence electrons. The molecule has 1 aromatic carbocycles. The molecule has 0 aromatic heterocycles. The zero-order chi connectivity index (χ0) is 29.9. The number of carboxylic acid groups (broad SMARTS) is 1. The maximum Gasteiger partial charge on any atom is 0.410 e. The Morgan fingerprint density at radius 1 is 0.949 bits per heavy atom. The van der Waals surface area contributed by atoms with Crippen LogP contribution in [0.25, 0.3) is 0 Å². The lowest BCUT2D eigenvalue weighted by molar-refractivity contribution is -0.148. The summed E-state index contributed by atoms with van der Waals surface area (Å²) in [6, 6.07) is 6.95. The number of nitrogens with one attached hydrogen (secondary N) is 1. The minimum Gasteiger partial charge on any atom is -0.481 e. The minimum absolute atomic E-state index is 0.0549. The van der Waals surface area contributed by atoms with Crippen LogP contribution in [0.1, 0.15) is 59.9 Å². The number of ether oxygens (including phenoxy) is 2. The Balaban J connectivity index is 3.12. The number of likely N-dealkylation sites (N-methyl/N-ethyl adjacent to an activating group) is 2. The van der Waals surface area contributed by atoms with Crippen molar-refractivity contribution in [3.8, 4) is 0 Å². The third-order valence-corrected chi connectivity index (χ3v) is 7.12. The first-order chi connectivity index (χ1) is 18.3. The van der Waals surface area contributed by atoms with Gasteiger partial charge >= 0.3 is 12.1 Å². The molecule has 0 aliphatic carbocycles. The van der Waals surface area contributed by atoms with Crippen molar-refractivity contribution < 1.29 is 33.8 Å². The summed E-state index contributed by atoms with van der Waals surface area (Å²) in [5.41, 5.74) is 0.825. The number of amides is 3. The average molecular weight is 550 g/mol. The molecule has 1 rings (SSSR count). The van der Waals surface area contributed by atoms with Crippen LogP contribution >= 0.6 is 0 Å². The van der Waals surface area contributed by atoms with Gasteiger partial charge in [0.1, 0.15) is 18.7 Å². The number of carbonyl (C=O) groups excluding carboxylic acids is 3. The molecule has 10 nitrogen and oxygen atoms in total. The Morgan fingerprint density at radius 3 is 2.00 bits per heavy atom. The van der Waals surface area contributed by atoms with E-state index in [1.807, 2.05) is 71.9 Å². The fourth-order valence-corrected chi connectivity index (χ4v) is 4.73. The van der Waals surface area contributed by atoms with Crippen LogP contribution in [0.15, 0.2) is 30.3 Å². The highest BCUT2D eigenvalue weighted by Crippen LogP contribution is 2.23. The highest BCUT2D eigenvalue weighted by atomic mass is 16.6. The molecular weight excluding hydrogens is 502 g/mol. The molecule has 0 radical (unpaired) electrons. The van der Waals surface area contributed by atoms with Gasteiger partial charge in [-0.3, -0.25) is 19.3 Å². The first-order valence-corrected chi connectivity index (χ1v) is 13.5. The molecule has 2 N–H and O–H groups in total. The summed E-state index contributed by atoms with van der Waals surface area (Å²) in [5.74, 6) is -2.44. The third kappa shape index (κ3) is 9.84. The monoisotopic (exact) mass is 549 g/mol. The van der Waals surface area contributed by atoms with E-state index in [2.05, 4.69) is 5.32 Å². The van der Waals surface area contributed by atoms with Crippen LogP contribution in [0.2, 0.25) is 0 Å². The first-order valence-electron chi connectivity index (χ1n) is 13.5. The van der Waals surface area contributed by atoms with Gasteiger partial charge < -0.3 is 24.8 Å². The third-order valence-electron chi connectivity index (χ3n) is 7.12. The molecule has 0 saturated carbocycles. The van der Waals surface area contributed by atoms with Crippen molar-refractivity contribution >= 4 is 23.9 Å². The van der Waals surface area contributed by atoms with Gasteiger partial charge in [0.05, 0.1) is 18.6 Å². The number of aliphatic carboxylic acids is 1. The molecular formula is C29H47N3O7. The summed E-state index contributed by atoms with van der Waals surface area (Å²) >= 11 is 0. The Kier molecular flexibility index (Phi) is 14.0. The van der Waals surface area contributed by atoms with Crippen LogP contribution in [0.5, 0.6) is 0 Å². The molecule has 5 atom stereocenters. The van der Waals surface area contributed by atoms with Gasteiger partial charge in [-0.25, -0.2) is 4.79 Å². The lowest BCUT2D eigenvalue weighted by atomic mass is 9.90. The molecule has 3 amide bonds. The van der Waals surface area contributed by atoms with Crippen LogP contribution in [-0.2, 0) is 30.5 Å². The fraction of sp³-hybridized carbons (Fsp3) is 0.655. The van der Waals surface area contributed by atoms with E-state index in [0.29, 0.717) is 6.42 Å². The molecule has 0 spiro atoms. The van der Waals surface area contributed by atoms with Gasteiger partial charge in [0.2, 0.25) is 11.8 Å². The summed E-state index contributed by atoms with van der Waals surface area (Å²) in [7, 11) is 4.55. The van der Waals surface area contributed by atoms with Crippen LogP contribution in [0, 0.1) is 17.8 Å². The van der Waals surface area contributed by atoms with Crippen molar-refractivity contribution in [2.24, 2.45) is 17.8 Å². The van der Waals surface area contributed by atoms with Crippen LogP contribution in [0.3, 0.4) is 0 Å². The maximum absolute atomic E-state index is 13.7. The van der Waals surface area contributed by atoms with Gasteiger partial charge in [0.25, 0.3) is 0 Å². The van der Waals surface area contributed by atoms with Crippen molar-refractivity contribution in [1.29, 1.82) is 0 Å². The summed E-state index contributed by atoms with van der Waals surface area (Å²) in [6.07, 6.45) is -0.923. The molecule has 0 fully saturated rings. The summed E-state index contributed by atoms with van der Waals surface area (Å²) in [6.45, 7) is 11.3. The molecule has 0 aliphatic rings. The molecule has 0 bridgehead atoms. The largest absolute Gasteiger partial charge is 0.481 e. The number of rotatable bonds is 15. The molecule has 0 aliphatic heterocycles. The van der Waals surface area contributed by atoms with Gasteiger partial charge in [-0.1, -0.05) is 78.3 Å². The zero-order valence-corrected chi connectivity index (χ0v) is 24.8. The second-order valence-corrected chi connectivity index (χ2v) is 10.8. The Hall–Kier alpha value is -3.14. The van der Waals surface area contributed by atoms with Gasteiger partial charge in [-0.2, -0.15) is 0 Å². The number of carbonyl (C=O) groups is 4. The van der Waals surface area contributed by atoms with E-state index in [-0.39, 0.29) is 36.7 Å². The Labute approximate surface area is 233 Å². The van der Waals surface area contributed by atoms with Crippen molar-refractivity contribution in [3.05, 3.63) is 35.9 Å². The molecule has 0 saturated heterocycles. The van der Waals surface area contributed by atoms with E-state index in [9.17, 15) is 24.3 Å². The molecule has 0 heterocycles. The van der Waals surface area contributed by atoms with E-state index in [0.717, 1.165) is 5.56 Å². The molecule has 3 unspecified atom stereocenters. The van der Waals surface area contributed by atoms with E-state index in [1.54, 1.807) is 7.05 Å². The number of benzene rings is 1. The van der Waals surface area contributed by atoms with Crippen LogP contribution < -0.4 is 5.32 Å². The lowest BCUT2D eigenvalue weighted by Gasteiger charge is -2.40. The van der Waals surface area contributed by atoms with E-state index in [4.69, 9.17) is 9.47 Å². The number of hydrogen-bond donors (Lipinski definition) is 2. The predicted octanol–water partition coefficient (Wildman–Crippen LogP) is 3.78. The van der Waals surface area contributed by atoms with Gasteiger partial charge in [0, 0.05) is 21.2 Å². The van der Waals surface area contributed by atoms with Crippen LogP contribution in [0.4, 0.5) is 4.79 Å². The highest BCUT2D eigenvalue weighted by Gasteiger charge is 2.39. The van der Waals surface area contributed by atoms with Gasteiger partial charge in [-0.05, 0) is 23.3 Å². The van der Waals surface area contributed by atoms with Crippen molar-refractivity contribution in [2.75, 3.05) is 21.2 Å². The Bertz CT molecular complexity index is 938. The standard InChI is InChI=1S/C29H47N3O7/c1-10-20(6)26(22(38-9)16-23(33)34)31(7)28(36)24(18(2)3)30-27(35)25(19(4)5)32(8)29(37)39-17-21-14-12-11-13-15-21/h11-15,18-20,22,24-26H,10,16-17H2,1-9H3,(H,30,35)(H,33,34)/t20-,22?,24-,25?,26?/m0/s1. The summed E-state index contributed by atoms with van der Waals surface area (Å²) < 4.78 is 10.9. The average Bonchev–Trinajstić information content (AvgIpc) is 2.89. The summed E-state index contributed by atoms with van der Waals surface area (Å²) in [5, 5.41) is 12.2. The smallest absolute Gasteiger partial charge is 0.410 e. The lowest BCUT2D eigenvalue weighted by Crippen LogP contribution is -2.60. The normalized spacial score (nSPS) is 15.2.